The molecule has 1 aliphatic heterocycles. The highest BCUT2D eigenvalue weighted by Gasteiger charge is 2.84. The van der Waals surface area contributed by atoms with E-state index in [1.54, 1.807) is 7.11 Å². The van der Waals surface area contributed by atoms with Gasteiger partial charge in [-0.2, -0.15) is 0 Å². The normalized spacial score (nSPS) is 56.1. The third kappa shape index (κ3) is 2.51. The van der Waals surface area contributed by atoms with Gasteiger partial charge in [0.2, 0.25) is 0 Å². The predicted molar refractivity (Wildman–Crippen MR) is 120 cm³/mol. The van der Waals surface area contributed by atoms with Crippen molar-refractivity contribution in [2.24, 2.45) is 40.4 Å². The average Bonchev–Trinajstić information content (AvgIpc) is 3.22. The summed E-state index contributed by atoms with van der Waals surface area (Å²) in [6.07, 6.45) is 4.52. The summed E-state index contributed by atoms with van der Waals surface area (Å²) in [5, 5.41) is 12.6. The van der Waals surface area contributed by atoms with E-state index < -0.39 is 5.60 Å². The molecule has 6 fully saturated rings. The van der Waals surface area contributed by atoms with Crippen molar-refractivity contribution in [3.05, 3.63) is 0 Å². The highest BCUT2D eigenvalue weighted by Crippen LogP contribution is 2.79. The molecular weight excluding hydrogens is 422 g/mol. The molecule has 6 aliphatic rings. The summed E-state index contributed by atoms with van der Waals surface area (Å²) < 4.78 is 24.3. The number of nitrogens with zero attached hydrogens (tertiary/aromatic N) is 1. The Balaban J connectivity index is 1.57. The second-order valence-electron chi connectivity index (χ2n) is 12.0. The van der Waals surface area contributed by atoms with E-state index in [2.05, 4.69) is 11.8 Å². The number of carbonyl (C=O) groups excluding carboxylic acids is 1. The monoisotopic (exact) mass is 463 g/mol. The summed E-state index contributed by atoms with van der Waals surface area (Å²) in [4.78, 5) is 14.9. The summed E-state index contributed by atoms with van der Waals surface area (Å²) in [6, 6.07) is 0.293. The predicted octanol–water partition coefficient (Wildman–Crippen LogP) is 2.10. The molecule has 7 bridgehead atoms. The number of ether oxygens (including phenoxy) is 4. The van der Waals surface area contributed by atoms with Crippen LogP contribution in [0.2, 0.25) is 0 Å². The van der Waals surface area contributed by atoms with Crippen molar-refractivity contribution in [2.45, 2.75) is 75.9 Å². The van der Waals surface area contributed by atoms with Crippen LogP contribution in [-0.4, -0.2) is 87.0 Å². The molecule has 5 saturated carbocycles. The first kappa shape index (κ1) is 22.7. The molecule has 1 spiro atoms. The Labute approximate surface area is 197 Å². The molecule has 12 atom stereocenters. The second kappa shape index (κ2) is 7.39. The molecule has 0 aromatic carbocycles. The Morgan fingerprint density at radius 1 is 1.15 bits per heavy atom. The summed E-state index contributed by atoms with van der Waals surface area (Å²) in [5.41, 5.74) is -0.840. The lowest BCUT2D eigenvalue weighted by Gasteiger charge is -2.69. The summed E-state index contributed by atoms with van der Waals surface area (Å²) in [6.45, 7) is 6.53. The molecule has 5 aliphatic carbocycles. The van der Waals surface area contributed by atoms with Crippen LogP contribution < -0.4 is 0 Å². The number of rotatable bonds is 6. The van der Waals surface area contributed by atoms with E-state index in [0.29, 0.717) is 18.4 Å². The molecule has 0 aromatic rings. The van der Waals surface area contributed by atoms with Crippen molar-refractivity contribution in [1.82, 2.24) is 4.90 Å². The maximum absolute atomic E-state index is 12.6. The lowest BCUT2D eigenvalue weighted by atomic mass is 9.43. The lowest BCUT2D eigenvalue weighted by molar-refractivity contribution is -0.277. The zero-order chi connectivity index (χ0) is 23.3. The fourth-order valence-corrected chi connectivity index (χ4v) is 11.0. The van der Waals surface area contributed by atoms with E-state index in [4.69, 9.17) is 18.9 Å². The Morgan fingerprint density at radius 2 is 1.94 bits per heavy atom. The number of piperidine rings is 1. The molecule has 1 heterocycles. The number of likely N-dealkylation sites (tertiary alicyclic amines) is 1. The van der Waals surface area contributed by atoms with E-state index in [-0.39, 0.29) is 58.8 Å². The molecule has 0 amide bonds. The number of aliphatic hydroxyl groups is 1. The van der Waals surface area contributed by atoms with Gasteiger partial charge >= 0.3 is 5.97 Å². The largest absolute Gasteiger partial charge is 0.462 e. The standard InChI is InChI=1S/C26H41NO6/c1-6-27-12-24(13-30-3)8-7-20(32-5)26-16-9-15-18(31-4)11-25(29,17(23(26)27)10-19(24)26)21(16)22(15)33-14(2)28/h15-23,29H,6-13H2,1-5H3/t15-,16-,17-,18+,19+,20+,21-,22-,23?,24+,25+,26-/m1/s1. The third-order valence-corrected chi connectivity index (χ3v) is 11.4. The van der Waals surface area contributed by atoms with Gasteiger partial charge in [0.05, 0.1) is 24.4 Å². The number of esters is 1. The van der Waals surface area contributed by atoms with Gasteiger partial charge in [-0.05, 0) is 44.1 Å². The van der Waals surface area contributed by atoms with Gasteiger partial charge in [0.15, 0.2) is 0 Å². The molecule has 7 heteroatoms. The van der Waals surface area contributed by atoms with Crippen molar-refractivity contribution in [2.75, 3.05) is 41.0 Å². The van der Waals surface area contributed by atoms with Crippen LogP contribution in [0.4, 0.5) is 0 Å². The van der Waals surface area contributed by atoms with Gasteiger partial charge in [-0.25, -0.2) is 0 Å². The van der Waals surface area contributed by atoms with Gasteiger partial charge in [0.25, 0.3) is 0 Å². The Kier molecular flexibility index (Phi) is 5.09. The lowest BCUT2D eigenvalue weighted by Crippen LogP contribution is -2.76. The SMILES string of the molecule is CCN1C[C@]2(COC)CC[C@H](OC)[C@]34C1[C@@H](C[C@@H]23)[C@@]1(O)C[C@H](OC)[C@H]2C[C@@H]4[C@@H]1[C@@H]2OC(C)=O. The fraction of sp³-hybridized carbons (Fsp3) is 0.962. The van der Waals surface area contributed by atoms with Gasteiger partial charge in [-0.15, -0.1) is 0 Å². The van der Waals surface area contributed by atoms with Crippen molar-refractivity contribution >= 4 is 5.97 Å². The summed E-state index contributed by atoms with van der Waals surface area (Å²) >= 11 is 0. The first-order chi connectivity index (χ1) is 15.8. The topological polar surface area (TPSA) is 77.5 Å². The summed E-state index contributed by atoms with van der Waals surface area (Å²) in [5.74, 6) is 0.677. The third-order valence-electron chi connectivity index (χ3n) is 11.4. The molecule has 0 aromatic heterocycles. The maximum Gasteiger partial charge on any atom is 0.302 e. The molecule has 6 rings (SSSR count). The van der Waals surface area contributed by atoms with Crippen molar-refractivity contribution in [3.63, 3.8) is 0 Å². The Hall–Kier alpha value is -0.730. The Bertz CT molecular complexity index is 823. The minimum absolute atomic E-state index is 0.0445. The first-order valence-corrected chi connectivity index (χ1v) is 13.0. The first-order valence-electron chi connectivity index (χ1n) is 13.0. The number of hydrogen-bond acceptors (Lipinski definition) is 7. The molecule has 1 unspecified atom stereocenters. The molecule has 186 valence electrons. The molecule has 0 radical (unpaired) electrons. The molecule has 33 heavy (non-hydrogen) atoms. The van der Waals surface area contributed by atoms with E-state index >= 15 is 0 Å². The smallest absolute Gasteiger partial charge is 0.302 e. The number of methoxy groups -OCH3 is 3. The van der Waals surface area contributed by atoms with Crippen LogP contribution in [0, 0.1) is 40.4 Å². The molecule has 1 N–H and O–H groups in total. The van der Waals surface area contributed by atoms with E-state index in [0.717, 1.165) is 45.4 Å². The molecule has 1 saturated heterocycles. The minimum Gasteiger partial charge on any atom is -0.462 e. The van der Waals surface area contributed by atoms with Gasteiger partial charge in [0, 0.05) is 75.8 Å². The van der Waals surface area contributed by atoms with Crippen molar-refractivity contribution < 1.29 is 28.8 Å². The highest BCUT2D eigenvalue weighted by molar-refractivity contribution is 5.66. The number of carbonyl (C=O) groups is 1. The van der Waals surface area contributed by atoms with Gasteiger partial charge in [0.1, 0.15) is 6.10 Å². The molecule has 7 nitrogen and oxygen atoms in total. The summed E-state index contributed by atoms with van der Waals surface area (Å²) in [7, 11) is 5.46. The van der Waals surface area contributed by atoms with Gasteiger partial charge < -0.3 is 24.1 Å². The van der Waals surface area contributed by atoms with Crippen LogP contribution in [-0.2, 0) is 23.7 Å². The van der Waals surface area contributed by atoms with Crippen LogP contribution in [0.5, 0.6) is 0 Å². The average molecular weight is 464 g/mol. The van der Waals surface area contributed by atoms with E-state index in [9.17, 15) is 9.90 Å². The van der Waals surface area contributed by atoms with Gasteiger partial charge in [-0.1, -0.05) is 6.92 Å². The van der Waals surface area contributed by atoms with Gasteiger partial charge in [-0.3, -0.25) is 9.69 Å². The van der Waals surface area contributed by atoms with E-state index in [1.807, 2.05) is 14.2 Å². The quantitative estimate of drug-likeness (QED) is 0.605. The fourth-order valence-electron chi connectivity index (χ4n) is 11.0. The molecular formula is C26H41NO6. The number of hydrogen-bond donors (Lipinski definition) is 1. The minimum atomic E-state index is -0.888. The highest BCUT2D eigenvalue weighted by atomic mass is 16.5. The van der Waals surface area contributed by atoms with Crippen LogP contribution in [0.25, 0.3) is 0 Å². The Morgan fingerprint density at radius 3 is 2.58 bits per heavy atom. The van der Waals surface area contributed by atoms with Crippen LogP contribution in [0.3, 0.4) is 0 Å². The second-order valence-corrected chi connectivity index (χ2v) is 12.0. The van der Waals surface area contributed by atoms with E-state index in [1.165, 1.54) is 6.92 Å². The zero-order valence-corrected chi connectivity index (χ0v) is 20.8. The van der Waals surface area contributed by atoms with Crippen LogP contribution in [0.15, 0.2) is 0 Å². The zero-order valence-electron chi connectivity index (χ0n) is 20.8. The van der Waals surface area contributed by atoms with Crippen LogP contribution in [0.1, 0.15) is 46.0 Å². The van der Waals surface area contributed by atoms with Crippen LogP contribution >= 0.6 is 0 Å². The number of fused-ring (bicyclic) bond motifs is 2. The van der Waals surface area contributed by atoms with Crippen molar-refractivity contribution in [3.8, 4) is 0 Å². The maximum atomic E-state index is 12.6. The van der Waals surface area contributed by atoms with Crippen molar-refractivity contribution in [1.29, 1.82) is 0 Å².